The first-order valence-electron chi connectivity index (χ1n) is 8.74. The SMILES string of the molecule is COCC12C3[C@@H]4[C@H]3[C@H]3[C@@H]1[C@@H]2[C@H]4n1c(=O)n(-c2ccccc2)c(=O)n13. The minimum absolute atomic E-state index is 0.163. The Hall–Kier alpha value is -2.08. The quantitative estimate of drug-likeness (QED) is 0.834. The molecule has 0 saturated heterocycles. The van der Waals surface area contributed by atoms with Gasteiger partial charge in [0.2, 0.25) is 0 Å². The Morgan fingerprint density at radius 2 is 1.54 bits per heavy atom. The zero-order valence-corrected chi connectivity index (χ0v) is 13.2. The highest BCUT2D eigenvalue weighted by molar-refractivity contribution is 5.44. The van der Waals surface area contributed by atoms with Crippen LogP contribution in [-0.4, -0.2) is 27.6 Å². The predicted octanol–water partition coefficient (Wildman–Crippen LogP) is 0.665. The number of para-hydroxylation sites is 1. The highest BCUT2D eigenvalue weighted by Crippen LogP contribution is 2.97. The molecule has 2 aliphatic heterocycles. The van der Waals surface area contributed by atoms with Crippen molar-refractivity contribution in [3.63, 3.8) is 0 Å². The average molecular weight is 323 g/mol. The minimum atomic E-state index is -0.163. The van der Waals surface area contributed by atoms with Crippen molar-refractivity contribution in [2.75, 3.05) is 13.7 Å². The van der Waals surface area contributed by atoms with E-state index in [4.69, 9.17) is 4.74 Å². The topological polar surface area (TPSA) is 58.2 Å². The average Bonchev–Trinajstić information content (AvgIpc) is 3.41. The Morgan fingerprint density at radius 3 is 2.08 bits per heavy atom. The molecule has 1 aromatic carbocycles. The number of hydrogen-bond donors (Lipinski definition) is 0. The van der Waals surface area contributed by atoms with Crippen molar-refractivity contribution in [1.82, 2.24) is 13.9 Å². The summed E-state index contributed by atoms with van der Waals surface area (Å²) in [4.78, 5) is 26.2. The lowest BCUT2D eigenvalue weighted by atomic mass is 9.89. The summed E-state index contributed by atoms with van der Waals surface area (Å²) in [6.45, 7) is 0.791. The molecule has 6 heteroatoms. The molecule has 0 N–H and O–H groups in total. The Kier molecular flexibility index (Phi) is 1.71. The molecule has 8 atom stereocenters. The summed E-state index contributed by atoms with van der Waals surface area (Å²) in [5.74, 6) is 2.98. The van der Waals surface area contributed by atoms with Gasteiger partial charge in [-0.1, -0.05) is 18.2 Å². The van der Waals surface area contributed by atoms with Gasteiger partial charge in [0.25, 0.3) is 0 Å². The van der Waals surface area contributed by atoms with Gasteiger partial charge in [-0.05, 0) is 41.7 Å². The number of aromatic nitrogens is 3. The van der Waals surface area contributed by atoms with Crippen molar-refractivity contribution in [2.45, 2.75) is 12.1 Å². The molecule has 6 nitrogen and oxygen atoms in total. The highest BCUT2D eigenvalue weighted by Gasteiger charge is 2.97. The molecule has 4 saturated carbocycles. The van der Waals surface area contributed by atoms with E-state index in [9.17, 15) is 9.59 Å². The molecule has 6 aliphatic rings. The van der Waals surface area contributed by atoms with Crippen LogP contribution in [0.25, 0.3) is 5.69 Å². The lowest BCUT2D eigenvalue weighted by molar-refractivity contribution is 0.112. The first-order chi connectivity index (χ1) is 11.7. The van der Waals surface area contributed by atoms with Gasteiger partial charge in [-0.25, -0.2) is 23.5 Å². The van der Waals surface area contributed by atoms with E-state index in [1.54, 1.807) is 7.11 Å². The largest absolute Gasteiger partial charge is 0.384 e. The molecule has 2 aromatic rings. The van der Waals surface area contributed by atoms with Gasteiger partial charge in [0.1, 0.15) is 0 Å². The van der Waals surface area contributed by atoms with Crippen molar-refractivity contribution in [1.29, 1.82) is 0 Å². The molecule has 24 heavy (non-hydrogen) atoms. The molecule has 0 radical (unpaired) electrons. The Balaban J connectivity index is 1.49. The van der Waals surface area contributed by atoms with Crippen LogP contribution in [0.15, 0.2) is 39.9 Å². The molecule has 2 bridgehead atoms. The van der Waals surface area contributed by atoms with Gasteiger partial charge in [-0.2, -0.15) is 0 Å². The third kappa shape index (κ3) is 0.922. The molecule has 0 amide bonds. The van der Waals surface area contributed by atoms with E-state index in [0.29, 0.717) is 35.3 Å². The van der Waals surface area contributed by atoms with Gasteiger partial charge in [0.15, 0.2) is 0 Å². The van der Waals surface area contributed by atoms with E-state index in [1.165, 1.54) is 4.57 Å². The molecule has 8 rings (SSSR count). The number of benzene rings is 1. The number of ether oxygens (including phenoxy) is 1. The van der Waals surface area contributed by atoms with E-state index < -0.39 is 0 Å². The third-order valence-corrected chi connectivity index (χ3v) is 7.78. The zero-order valence-electron chi connectivity index (χ0n) is 13.2. The highest BCUT2D eigenvalue weighted by atomic mass is 16.5. The summed E-state index contributed by atoms with van der Waals surface area (Å²) in [7, 11) is 1.77. The van der Waals surface area contributed by atoms with Gasteiger partial charge >= 0.3 is 11.4 Å². The molecule has 2 unspecified atom stereocenters. The van der Waals surface area contributed by atoms with Crippen LogP contribution in [-0.2, 0) is 4.74 Å². The van der Waals surface area contributed by atoms with Crippen molar-refractivity contribution >= 4 is 0 Å². The molecule has 1 aromatic heterocycles. The fraction of sp³-hybridized carbons (Fsp3) is 0.556. The molecule has 122 valence electrons. The molecular weight excluding hydrogens is 306 g/mol. The van der Waals surface area contributed by atoms with Crippen LogP contribution in [0.3, 0.4) is 0 Å². The fourth-order valence-electron chi connectivity index (χ4n) is 7.44. The maximum Gasteiger partial charge on any atom is 0.352 e. The predicted molar refractivity (Wildman–Crippen MR) is 84.1 cm³/mol. The van der Waals surface area contributed by atoms with Crippen molar-refractivity contribution in [2.24, 2.45) is 35.0 Å². The third-order valence-electron chi connectivity index (χ3n) is 7.78. The van der Waals surface area contributed by atoms with Gasteiger partial charge in [-0.3, -0.25) is 0 Å². The van der Waals surface area contributed by atoms with E-state index in [1.807, 2.05) is 39.7 Å². The molecule has 4 aliphatic carbocycles. The molecular formula is C18H17N3O3. The maximum atomic E-state index is 13.1. The smallest absolute Gasteiger partial charge is 0.352 e. The first-order valence-corrected chi connectivity index (χ1v) is 8.74. The van der Waals surface area contributed by atoms with Crippen LogP contribution in [0, 0.1) is 35.0 Å². The fourth-order valence-corrected chi connectivity index (χ4v) is 7.44. The summed E-state index contributed by atoms with van der Waals surface area (Å²) in [6, 6.07) is 9.72. The van der Waals surface area contributed by atoms with E-state index in [-0.39, 0.29) is 28.9 Å². The van der Waals surface area contributed by atoms with Crippen LogP contribution < -0.4 is 11.4 Å². The summed E-state index contributed by atoms with van der Waals surface area (Å²) in [5.41, 5.74) is 0.609. The summed E-state index contributed by atoms with van der Waals surface area (Å²) >= 11 is 0. The van der Waals surface area contributed by atoms with Gasteiger partial charge < -0.3 is 4.74 Å². The summed E-state index contributed by atoms with van der Waals surface area (Å²) < 4.78 is 10.5. The van der Waals surface area contributed by atoms with E-state index >= 15 is 0 Å². The van der Waals surface area contributed by atoms with Crippen LogP contribution >= 0.6 is 0 Å². The van der Waals surface area contributed by atoms with Crippen molar-refractivity contribution < 1.29 is 4.74 Å². The van der Waals surface area contributed by atoms with Crippen molar-refractivity contribution in [3.8, 4) is 5.69 Å². The number of methoxy groups -OCH3 is 1. The van der Waals surface area contributed by atoms with Crippen LogP contribution in [0.2, 0.25) is 0 Å². The van der Waals surface area contributed by atoms with Crippen LogP contribution in [0.4, 0.5) is 0 Å². The second-order valence-electron chi connectivity index (χ2n) is 8.18. The normalized spacial score (nSPS) is 47.0. The standard InChI is InChI=1S/C18H17N3O3/c1-24-7-18-11-9-10(11)15-13(18)12(18)14(9)20-16(22)19(17(23)21(15)20)8-5-3-2-4-6-8/h2-6,9-15H,7H2,1H3/t9-,10+,11?,12+,13-,14-,15-,18?/m0/s1. The van der Waals surface area contributed by atoms with Gasteiger partial charge in [0.05, 0.1) is 24.4 Å². The number of rotatable bonds is 3. The van der Waals surface area contributed by atoms with Crippen LogP contribution in [0.5, 0.6) is 0 Å². The lowest BCUT2D eigenvalue weighted by Crippen LogP contribution is -2.45. The maximum absolute atomic E-state index is 13.1. The second-order valence-corrected chi connectivity index (χ2v) is 8.18. The monoisotopic (exact) mass is 323 g/mol. The van der Waals surface area contributed by atoms with Gasteiger partial charge in [-0.15, -0.1) is 0 Å². The zero-order chi connectivity index (χ0) is 16.0. The van der Waals surface area contributed by atoms with Gasteiger partial charge in [0, 0.05) is 12.5 Å². The lowest BCUT2D eigenvalue weighted by Gasteiger charge is -2.36. The molecule has 0 spiro atoms. The van der Waals surface area contributed by atoms with Crippen LogP contribution in [0.1, 0.15) is 12.1 Å². The molecule has 4 fully saturated rings. The van der Waals surface area contributed by atoms with E-state index in [0.717, 1.165) is 6.61 Å². The number of nitrogens with zero attached hydrogens (tertiary/aromatic N) is 3. The Bertz CT molecular complexity index is 977. The van der Waals surface area contributed by atoms with E-state index in [2.05, 4.69) is 0 Å². The second kappa shape index (κ2) is 3.33. The summed E-state index contributed by atoms with van der Waals surface area (Å²) in [6.07, 6.45) is 0. The first kappa shape index (κ1) is 12.3. The summed E-state index contributed by atoms with van der Waals surface area (Å²) in [5, 5.41) is 0. The Labute approximate surface area is 137 Å². The molecule has 3 heterocycles. The Morgan fingerprint density at radius 1 is 0.958 bits per heavy atom. The minimum Gasteiger partial charge on any atom is -0.384 e. The number of hydrogen-bond acceptors (Lipinski definition) is 3. The van der Waals surface area contributed by atoms with Crippen molar-refractivity contribution in [3.05, 3.63) is 51.3 Å².